The van der Waals surface area contributed by atoms with Crippen molar-refractivity contribution in [1.82, 2.24) is 0 Å². The Labute approximate surface area is 155 Å². The van der Waals surface area contributed by atoms with E-state index in [4.69, 9.17) is 4.74 Å². The first kappa shape index (κ1) is 18.6. The lowest BCUT2D eigenvalue weighted by Gasteiger charge is -2.18. The summed E-state index contributed by atoms with van der Waals surface area (Å²) in [6.07, 6.45) is -0.160. The van der Waals surface area contributed by atoms with Crippen LogP contribution in [0.1, 0.15) is 34.8 Å². The van der Waals surface area contributed by atoms with Crippen LogP contribution in [0.3, 0.4) is 0 Å². The van der Waals surface area contributed by atoms with Gasteiger partial charge in [0.25, 0.3) is 5.91 Å². The highest BCUT2D eigenvalue weighted by atomic mass is 19.1. The van der Waals surface area contributed by atoms with Gasteiger partial charge in [-0.2, -0.15) is 0 Å². The van der Waals surface area contributed by atoms with Crippen LogP contribution in [0.15, 0.2) is 36.4 Å². The van der Waals surface area contributed by atoms with Gasteiger partial charge in [-0.15, -0.1) is 0 Å². The van der Waals surface area contributed by atoms with E-state index in [-0.39, 0.29) is 11.6 Å². The van der Waals surface area contributed by atoms with E-state index < -0.39 is 23.8 Å². The van der Waals surface area contributed by atoms with Gasteiger partial charge in [-0.05, 0) is 61.7 Å². The largest absolute Gasteiger partial charge is 0.449 e. The summed E-state index contributed by atoms with van der Waals surface area (Å²) in [4.78, 5) is 35.9. The maximum atomic E-state index is 13.6. The van der Waals surface area contributed by atoms with Gasteiger partial charge in [0.2, 0.25) is 5.91 Å². The first-order chi connectivity index (χ1) is 12.8. The van der Waals surface area contributed by atoms with Gasteiger partial charge in [0.05, 0.1) is 5.56 Å². The SMILES string of the molecule is Cc1ccc(NC(=O)C(C)OC(=O)c2ccc3c(c2)CCC(=O)N3)cc1F. The Bertz CT molecular complexity index is 926. The van der Waals surface area contributed by atoms with Crippen molar-refractivity contribution >= 4 is 29.2 Å². The molecule has 1 heterocycles. The lowest BCUT2D eigenvalue weighted by atomic mass is 10.0. The fourth-order valence-electron chi connectivity index (χ4n) is 2.71. The van der Waals surface area contributed by atoms with Crippen LogP contribution in [0.4, 0.5) is 15.8 Å². The third kappa shape index (κ3) is 4.31. The number of carbonyl (C=O) groups excluding carboxylic acids is 3. The van der Waals surface area contributed by atoms with E-state index in [2.05, 4.69) is 10.6 Å². The van der Waals surface area contributed by atoms with Crippen molar-refractivity contribution < 1.29 is 23.5 Å². The van der Waals surface area contributed by atoms with Gasteiger partial charge < -0.3 is 15.4 Å². The summed E-state index contributed by atoms with van der Waals surface area (Å²) in [6, 6.07) is 9.16. The average Bonchev–Trinajstić information content (AvgIpc) is 2.64. The number of fused-ring (bicyclic) bond motifs is 1. The molecule has 0 fully saturated rings. The minimum atomic E-state index is -1.06. The number of halogens is 1. The van der Waals surface area contributed by atoms with Gasteiger partial charge in [-0.1, -0.05) is 6.07 Å². The van der Waals surface area contributed by atoms with Crippen LogP contribution >= 0.6 is 0 Å². The lowest BCUT2D eigenvalue weighted by molar-refractivity contribution is -0.123. The van der Waals surface area contributed by atoms with Gasteiger partial charge in [-0.25, -0.2) is 9.18 Å². The van der Waals surface area contributed by atoms with Gasteiger partial charge in [0.1, 0.15) is 5.82 Å². The van der Waals surface area contributed by atoms with Gasteiger partial charge in [0, 0.05) is 17.8 Å². The minimum Gasteiger partial charge on any atom is -0.449 e. The highest BCUT2D eigenvalue weighted by molar-refractivity contribution is 5.98. The van der Waals surface area contributed by atoms with Crippen LogP contribution < -0.4 is 10.6 Å². The van der Waals surface area contributed by atoms with Crippen molar-refractivity contribution in [2.24, 2.45) is 0 Å². The molecule has 1 atom stereocenters. The van der Waals surface area contributed by atoms with E-state index in [0.29, 0.717) is 29.7 Å². The number of ether oxygens (including phenoxy) is 1. The summed E-state index contributed by atoms with van der Waals surface area (Å²) in [5.74, 6) is -1.70. The lowest BCUT2D eigenvalue weighted by Crippen LogP contribution is -2.30. The van der Waals surface area contributed by atoms with Crippen LogP contribution in [0, 0.1) is 12.7 Å². The molecular formula is C20H19FN2O4. The molecule has 2 amide bonds. The van der Waals surface area contributed by atoms with Crippen molar-refractivity contribution in [3.05, 3.63) is 58.9 Å². The molecule has 1 aliphatic heterocycles. The maximum Gasteiger partial charge on any atom is 0.338 e. The van der Waals surface area contributed by atoms with E-state index in [1.54, 1.807) is 31.2 Å². The van der Waals surface area contributed by atoms with Gasteiger partial charge >= 0.3 is 5.97 Å². The fraction of sp³-hybridized carbons (Fsp3) is 0.250. The number of anilines is 2. The molecule has 7 heteroatoms. The number of benzene rings is 2. The first-order valence-corrected chi connectivity index (χ1v) is 8.54. The summed E-state index contributed by atoms with van der Waals surface area (Å²) in [5.41, 5.74) is 2.57. The van der Waals surface area contributed by atoms with Crippen LogP contribution in [0.2, 0.25) is 0 Å². The van der Waals surface area contributed by atoms with E-state index in [1.807, 2.05) is 0 Å². The number of hydrogen-bond donors (Lipinski definition) is 2. The zero-order valence-corrected chi connectivity index (χ0v) is 15.0. The molecule has 6 nitrogen and oxygen atoms in total. The number of hydrogen-bond acceptors (Lipinski definition) is 4. The summed E-state index contributed by atoms with van der Waals surface area (Å²) in [5, 5.41) is 5.25. The Hall–Kier alpha value is -3.22. The third-order valence-corrected chi connectivity index (χ3v) is 4.33. The molecule has 0 saturated heterocycles. The molecule has 1 aliphatic rings. The Kier molecular flexibility index (Phi) is 5.21. The maximum absolute atomic E-state index is 13.6. The van der Waals surface area contributed by atoms with Crippen molar-refractivity contribution in [2.75, 3.05) is 10.6 Å². The van der Waals surface area contributed by atoms with Crippen LogP contribution in [-0.2, 0) is 20.7 Å². The van der Waals surface area contributed by atoms with Crippen LogP contribution in [0.25, 0.3) is 0 Å². The molecule has 0 spiro atoms. The number of rotatable bonds is 4. The molecule has 2 aromatic carbocycles. The molecule has 0 aromatic heterocycles. The molecule has 1 unspecified atom stereocenters. The topological polar surface area (TPSA) is 84.5 Å². The second-order valence-corrected chi connectivity index (χ2v) is 6.42. The summed E-state index contributed by atoms with van der Waals surface area (Å²) in [7, 11) is 0. The number of nitrogens with one attached hydrogen (secondary N) is 2. The highest BCUT2D eigenvalue weighted by Crippen LogP contribution is 2.24. The Balaban J connectivity index is 1.63. The Morgan fingerprint density at radius 2 is 1.96 bits per heavy atom. The van der Waals surface area contributed by atoms with Crippen LogP contribution in [0.5, 0.6) is 0 Å². The molecule has 0 aliphatic carbocycles. The van der Waals surface area contributed by atoms with Crippen molar-refractivity contribution in [3.8, 4) is 0 Å². The molecule has 3 rings (SSSR count). The van der Waals surface area contributed by atoms with Crippen molar-refractivity contribution in [3.63, 3.8) is 0 Å². The van der Waals surface area contributed by atoms with E-state index in [0.717, 1.165) is 5.56 Å². The number of aryl methyl sites for hydroxylation is 2. The fourth-order valence-corrected chi connectivity index (χ4v) is 2.71. The molecule has 2 N–H and O–H groups in total. The molecule has 2 aromatic rings. The Morgan fingerprint density at radius 1 is 1.19 bits per heavy atom. The van der Waals surface area contributed by atoms with E-state index in [9.17, 15) is 18.8 Å². The molecule has 0 saturated carbocycles. The van der Waals surface area contributed by atoms with E-state index >= 15 is 0 Å². The normalized spacial score (nSPS) is 14.0. The summed E-state index contributed by atoms with van der Waals surface area (Å²) in [6.45, 7) is 3.06. The predicted molar refractivity (Wildman–Crippen MR) is 98.0 cm³/mol. The number of amides is 2. The standard InChI is InChI=1S/C20H19FN2O4/c1-11-3-6-15(10-16(11)21)22-19(25)12(2)27-20(26)14-4-7-17-13(9-14)5-8-18(24)23-17/h3-4,6-7,9-10,12H,5,8H2,1-2H3,(H,22,25)(H,23,24). The quantitative estimate of drug-likeness (QED) is 0.810. The first-order valence-electron chi connectivity index (χ1n) is 8.54. The Morgan fingerprint density at radius 3 is 2.70 bits per heavy atom. The second kappa shape index (κ2) is 7.57. The molecule has 0 radical (unpaired) electrons. The zero-order chi connectivity index (χ0) is 19.6. The highest BCUT2D eigenvalue weighted by Gasteiger charge is 2.21. The minimum absolute atomic E-state index is 0.0596. The van der Waals surface area contributed by atoms with Gasteiger partial charge in [0.15, 0.2) is 6.10 Å². The monoisotopic (exact) mass is 370 g/mol. The smallest absolute Gasteiger partial charge is 0.338 e. The molecule has 140 valence electrons. The predicted octanol–water partition coefficient (Wildman–Crippen LogP) is 3.20. The number of esters is 1. The van der Waals surface area contributed by atoms with Crippen molar-refractivity contribution in [2.45, 2.75) is 32.8 Å². The van der Waals surface area contributed by atoms with E-state index in [1.165, 1.54) is 19.1 Å². The summed E-state index contributed by atoms with van der Waals surface area (Å²) < 4.78 is 18.8. The average molecular weight is 370 g/mol. The second-order valence-electron chi connectivity index (χ2n) is 6.42. The molecule has 27 heavy (non-hydrogen) atoms. The molecule has 0 bridgehead atoms. The third-order valence-electron chi connectivity index (χ3n) is 4.33. The van der Waals surface area contributed by atoms with Gasteiger partial charge in [-0.3, -0.25) is 9.59 Å². The summed E-state index contributed by atoms with van der Waals surface area (Å²) >= 11 is 0. The molecular weight excluding hydrogens is 351 g/mol. The number of carbonyl (C=O) groups is 3. The van der Waals surface area contributed by atoms with Crippen molar-refractivity contribution in [1.29, 1.82) is 0 Å². The van der Waals surface area contributed by atoms with Crippen LogP contribution in [-0.4, -0.2) is 23.9 Å². The zero-order valence-electron chi connectivity index (χ0n) is 15.0.